The van der Waals surface area contributed by atoms with Gasteiger partial charge in [-0.1, -0.05) is 6.58 Å². The van der Waals surface area contributed by atoms with Gasteiger partial charge in [-0.15, -0.1) is 0 Å². The summed E-state index contributed by atoms with van der Waals surface area (Å²) in [5.41, 5.74) is 0. The maximum atomic E-state index is 13.6. The molecule has 2 heterocycles. The summed E-state index contributed by atoms with van der Waals surface area (Å²) in [5, 5.41) is 0. The molecule has 0 N–H and O–H groups in total. The molecule has 4 nitrogen and oxygen atoms in total. The summed E-state index contributed by atoms with van der Waals surface area (Å²) in [7, 11) is 0. The molecule has 0 saturated carbocycles. The number of likely N-dealkylation sites (tertiary alicyclic amines) is 1. The minimum atomic E-state index is -4.76. The Morgan fingerprint density at radius 2 is 2.15 bits per heavy atom. The quantitative estimate of drug-likeness (QED) is 0.802. The first-order valence-corrected chi connectivity index (χ1v) is 5.54. The third-order valence-electron chi connectivity index (χ3n) is 2.69. The second-order valence-corrected chi connectivity index (χ2v) is 4.20. The number of hydrogen-bond donors (Lipinski definition) is 0. The molecule has 0 radical (unpaired) electrons. The van der Waals surface area contributed by atoms with Crippen LogP contribution in [0.25, 0.3) is 0 Å². The molecular weight excluding hydrogens is 285 g/mol. The zero-order valence-corrected chi connectivity index (χ0v) is 10.1. The number of nitrogens with zero attached hydrogens (tertiary/aromatic N) is 3. The van der Waals surface area contributed by atoms with Gasteiger partial charge in [0.1, 0.15) is 0 Å². The minimum absolute atomic E-state index is 0.179. The van der Waals surface area contributed by atoms with E-state index in [1.165, 1.54) is 11.1 Å². The zero-order valence-electron chi connectivity index (χ0n) is 10.1. The van der Waals surface area contributed by atoms with Crippen LogP contribution < -0.4 is 4.74 Å². The average Bonchev–Trinajstić information content (AvgIpc) is 2.64. The lowest BCUT2D eigenvalue weighted by atomic mass is 10.2. The Morgan fingerprint density at radius 3 is 2.70 bits per heavy atom. The van der Waals surface area contributed by atoms with Crippen LogP contribution in [0.15, 0.2) is 25.0 Å². The van der Waals surface area contributed by atoms with Crippen molar-refractivity contribution in [2.45, 2.75) is 18.2 Å². The van der Waals surface area contributed by atoms with Gasteiger partial charge in [-0.2, -0.15) is 18.2 Å². The Kier molecular flexibility index (Phi) is 3.53. The highest BCUT2D eigenvalue weighted by Gasteiger charge is 2.49. The summed E-state index contributed by atoms with van der Waals surface area (Å²) in [6.07, 6.45) is -4.32. The molecule has 0 spiro atoms. The molecule has 0 aliphatic carbocycles. The van der Waals surface area contributed by atoms with Crippen LogP contribution in [-0.4, -0.2) is 40.0 Å². The molecule has 9 heteroatoms. The second kappa shape index (κ2) is 4.88. The van der Waals surface area contributed by atoms with E-state index in [0.29, 0.717) is 0 Å². The number of hydrogen-bond acceptors (Lipinski definition) is 4. The fourth-order valence-electron chi connectivity index (χ4n) is 1.74. The number of alkyl halides is 5. The van der Waals surface area contributed by atoms with Gasteiger partial charge in [-0.05, 0) is 6.20 Å². The summed E-state index contributed by atoms with van der Waals surface area (Å²) < 4.78 is 69.2. The summed E-state index contributed by atoms with van der Waals surface area (Å²) in [6.45, 7) is 2.58. The lowest BCUT2D eigenvalue weighted by molar-refractivity contribution is -0.145. The lowest BCUT2D eigenvalue weighted by Gasteiger charge is -2.18. The number of ether oxygens (including phenoxy) is 1. The predicted octanol–water partition coefficient (Wildman–Crippen LogP) is 2.34. The number of aromatic nitrogens is 2. The number of halogens is 5. The largest absolute Gasteiger partial charge is 0.466 e. The molecule has 1 aliphatic rings. The van der Waals surface area contributed by atoms with E-state index in [1.807, 2.05) is 0 Å². The highest BCUT2D eigenvalue weighted by molar-refractivity contribution is 5.12. The van der Waals surface area contributed by atoms with E-state index in [2.05, 4.69) is 16.5 Å². The van der Waals surface area contributed by atoms with Crippen LogP contribution in [0.1, 0.15) is 5.82 Å². The third-order valence-corrected chi connectivity index (χ3v) is 2.69. The highest BCUT2D eigenvalue weighted by atomic mass is 19.4. The van der Waals surface area contributed by atoms with Crippen molar-refractivity contribution in [3.8, 4) is 5.88 Å². The van der Waals surface area contributed by atoms with Crippen molar-refractivity contribution in [1.29, 1.82) is 0 Å². The molecule has 0 amide bonds. The second-order valence-electron chi connectivity index (χ2n) is 4.20. The normalized spacial score (nSPS) is 21.9. The Bertz CT molecular complexity index is 505. The maximum Gasteiger partial charge on any atom is 0.451 e. The molecule has 110 valence electrons. The van der Waals surface area contributed by atoms with E-state index in [-0.39, 0.29) is 6.54 Å². The van der Waals surface area contributed by atoms with Crippen LogP contribution in [0.2, 0.25) is 0 Å². The van der Waals surface area contributed by atoms with Gasteiger partial charge in [0.25, 0.3) is 0 Å². The van der Waals surface area contributed by atoms with Crippen LogP contribution in [-0.2, 0) is 6.18 Å². The van der Waals surface area contributed by atoms with E-state index >= 15 is 0 Å². The van der Waals surface area contributed by atoms with Gasteiger partial charge in [0.05, 0.1) is 13.1 Å². The topological polar surface area (TPSA) is 38.2 Å². The first kappa shape index (κ1) is 14.5. The molecule has 0 bridgehead atoms. The SMILES string of the molecule is C=CN1CC(Oc2ccnc(C(F)(F)F)n2)C(F)(F)C1. The monoisotopic (exact) mass is 295 g/mol. The van der Waals surface area contributed by atoms with Crippen molar-refractivity contribution in [2.75, 3.05) is 13.1 Å². The van der Waals surface area contributed by atoms with E-state index in [0.717, 1.165) is 12.3 Å². The van der Waals surface area contributed by atoms with E-state index in [4.69, 9.17) is 4.74 Å². The Balaban J connectivity index is 2.16. The fourth-order valence-corrected chi connectivity index (χ4v) is 1.74. The summed E-state index contributed by atoms with van der Waals surface area (Å²) in [5.74, 6) is -5.17. The van der Waals surface area contributed by atoms with Gasteiger partial charge < -0.3 is 9.64 Å². The minimum Gasteiger partial charge on any atom is -0.466 e. The van der Waals surface area contributed by atoms with E-state index in [1.54, 1.807) is 0 Å². The summed E-state index contributed by atoms with van der Waals surface area (Å²) in [4.78, 5) is 7.33. The smallest absolute Gasteiger partial charge is 0.451 e. The van der Waals surface area contributed by atoms with Gasteiger partial charge in [0.15, 0.2) is 6.10 Å². The highest BCUT2D eigenvalue weighted by Crippen LogP contribution is 2.32. The molecule has 1 fully saturated rings. The Hall–Kier alpha value is -1.93. The molecule has 20 heavy (non-hydrogen) atoms. The van der Waals surface area contributed by atoms with Crippen LogP contribution >= 0.6 is 0 Å². The van der Waals surface area contributed by atoms with Crippen molar-refractivity contribution in [1.82, 2.24) is 14.9 Å². The standard InChI is InChI=1S/C11H10F5N3O/c1-2-19-5-7(10(12,13)6-19)20-8-3-4-17-9(18-8)11(14,15)16/h2-4,7H,1,5-6H2. The van der Waals surface area contributed by atoms with E-state index in [9.17, 15) is 22.0 Å². The maximum absolute atomic E-state index is 13.6. The molecule has 1 aromatic heterocycles. The molecule has 1 saturated heterocycles. The van der Waals surface area contributed by atoms with Crippen molar-refractivity contribution in [3.05, 3.63) is 30.9 Å². The third kappa shape index (κ3) is 2.97. The van der Waals surface area contributed by atoms with Crippen LogP contribution in [0.4, 0.5) is 22.0 Å². The van der Waals surface area contributed by atoms with Crippen LogP contribution in [0.5, 0.6) is 5.88 Å². The summed E-state index contributed by atoms with van der Waals surface area (Å²) in [6, 6.07) is 1.00. The van der Waals surface area contributed by atoms with E-state index < -0.39 is 36.5 Å². The molecule has 0 aromatic carbocycles. The molecule has 1 atom stereocenters. The Labute approximate surface area is 110 Å². The average molecular weight is 295 g/mol. The van der Waals surface area contributed by atoms with Crippen molar-refractivity contribution in [3.63, 3.8) is 0 Å². The predicted molar refractivity (Wildman–Crippen MR) is 58.2 cm³/mol. The molecular formula is C11H10F5N3O. The first-order chi connectivity index (χ1) is 9.22. The van der Waals surface area contributed by atoms with Crippen LogP contribution in [0, 0.1) is 0 Å². The Morgan fingerprint density at radius 1 is 1.45 bits per heavy atom. The van der Waals surface area contributed by atoms with Gasteiger partial charge in [0.2, 0.25) is 11.7 Å². The van der Waals surface area contributed by atoms with Gasteiger partial charge in [-0.3, -0.25) is 0 Å². The van der Waals surface area contributed by atoms with Gasteiger partial charge in [-0.25, -0.2) is 13.8 Å². The van der Waals surface area contributed by atoms with Crippen molar-refractivity contribution < 1.29 is 26.7 Å². The summed E-state index contributed by atoms with van der Waals surface area (Å²) >= 11 is 0. The molecule has 1 aromatic rings. The lowest BCUT2D eigenvalue weighted by Crippen LogP contribution is -2.36. The number of rotatable bonds is 3. The van der Waals surface area contributed by atoms with Crippen LogP contribution in [0.3, 0.4) is 0 Å². The fraction of sp³-hybridized carbons (Fsp3) is 0.455. The molecule has 2 rings (SSSR count). The van der Waals surface area contributed by atoms with Gasteiger partial charge in [0, 0.05) is 12.3 Å². The molecule has 1 unspecified atom stereocenters. The van der Waals surface area contributed by atoms with Crippen molar-refractivity contribution >= 4 is 0 Å². The van der Waals surface area contributed by atoms with Gasteiger partial charge >= 0.3 is 12.1 Å². The first-order valence-electron chi connectivity index (χ1n) is 5.54. The molecule has 1 aliphatic heterocycles. The zero-order chi connectivity index (χ0) is 15.0. The van der Waals surface area contributed by atoms with Crippen molar-refractivity contribution in [2.24, 2.45) is 0 Å².